The van der Waals surface area contributed by atoms with E-state index in [0.29, 0.717) is 22.3 Å². The first-order valence-electron chi connectivity index (χ1n) is 8.61. The molecule has 1 amide bonds. The standard InChI is InChI=1S/C18H24N4O3S2/c1-6-8-22-15(11(3)4)20-21-18(22)26-10-14(23)19-16-13(9-12(5)27-16)17(24)25-7-2/h6,9,11H,1,7-8,10H2,2-5H3,(H,19,23). The van der Waals surface area contributed by atoms with Crippen molar-refractivity contribution in [2.75, 3.05) is 17.7 Å². The van der Waals surface area contributed by atoms with E-state index in [1.54, 1.807) is 19.1 Å². The molecule has 1 N–H and O–H groups in total. The number of aromatic nitrogens is 3. The van der Waals surface area contributed by atoms with E-state index in [0.717, 1.165) is 10.7 Å². The number of nitrogens with zero attached hydrogens (tertiary/aromatic N) is 3. The highest BCUT2D eigenvalue weighted by molar-refractivity contribution is 7.99. The van der Waals surface area contributed by atoms with Crippen molar-refractivity contribution in [3.8, 4) is 0 Å². The van der Waals surface area contributed by atoms with Gasteiger partial charge in [-0.05, 0) is 19.9 Å². The molecule has 2 aromatic heterocycles. The van der Waals surface area contributed by atoms with Gasteiger partial charge in [0, 0.05) is 17.3 Å². The fourth-order valence-electron chi connectivity index (χ4n) is 2.39. The number of hydrogen-bond donors (Lipinski definition) is 1. The minimum absolute atomic E-state index is 0.159. The molecule has 0 aliphatic carbocycles. The fraction of sp³-hybridized carbons (Fsp3) is 0.444. The summed E-state index contributed by atoms with van der Waals surface area (Å²) in [7, 11) is 0. The number of hydrogen-bond acceptors (Lipinski definition) is 7. The molecule has 0 aliphatic rings. The third-order valence-electron chi connectivity index (χ3n) is 3.51. The highest BCUT2D eigenvalue weighted by atomic mass is 32.2. The van der Waals surface area contributed by atoms with Crippen LogP contribution in [0.4, 0.5) is 5.00 Å². The first kappa shape index (κ1) is 21.2. The SMILES string of the molecule is C=CCn1c(SCC(=O)Nc2sc(C)cc2C(=O)OCC)nnc1C(C)C. The third-order valence-corrected chi connectivity index (χ3v) is 5.44. The van der Waals surface area contributed by atoms with Crippen molar-refractivity contribution in [2.45, 2.75) is 45.3 Å². The van der Waals surface area contributed by atoms with Crippen molar-refractivity contribution in [2.24, 2.45) is 0 Å². The summed E-state index contributed by atoms with van der Waals surface area (Å²) in [5.41, 5.74) is 0.384. The van der Waals surface area contributed by atoms with E-state index in [4.69, 9.17) is 4.74 Å². The van der Waals surface area contributed by atoms with Crippen LogP contribution in [-0.2, 0) is 16.1 Å². The Labute approximate surface area is 167 Å². The number of aryl methyl sites for hydroxylation is 1. The number of amides is 1. The molecule has 2 aromatic rings. The zero-order valence-corrected chi connectivity index (χ0v) is 17.6. The molecule has 0 bridgehead atoms. The zero-order valence-electron chi connectivity index (χ0n) is 15.9. The fourth-order valence-corrected chi connectivity index (χ4v) is 4.07. The predicted molar refractivity (Wildman–Crippen MR) is 109 cm³/mol. The molecule has 0 radical (unpaired) electrons. The molecule has 146 valence electrons. The molecule has 0 atom stereocenters. The molecule has 7 nitrogen and oxygen atoms in total. The molecule has 9 heteroatoms. The zero-order chi connectivity index (χ0) is 20.0. The highest BCUT2D eigenvalue weighted by Gasteiger charge is 2.19. The molecule has 0 fully saturated rings. The van der Waals surface area contributed by atoms with Gasteiger partial charge in [0.05, 0.1) is 17.9 Å². The van der Waals surface area contributed by atoms with Gasteiger partial charge in [0.1, 0.15) is 10.8 Å². The molecular formula is C18H24N4O3S2. The van der Waals surface area contributed by atoms with Gasteiger partial charge in [-0.1, -0.05) is 31.7 Å². The highest BCUT2D eigenvalue weighted by Crippen LogP contribution is 2.29. The molecule has 0 spiro atoms. The summed E-state index contributed by atoms with van der Waals surface area (Å²) >= 11 is 2.65. The van der Waals surface area contributed by atoms with Crippen LogP contribution in [0, 0.1) is 6.92 Å². The maximum absolute atomic E-state index is 12.4. The Morgan fingerprint density at radius 1 is 1.44 bits per heavy atom. The molecular weight excluding hydrogens is 384 g/mol. The van der Waals surface area contributed by atoms with Crippen LogP contribution in [0.1, 0.15) is 47.7 Å². The van der Waals surface area contributed by atoms with Gasteiger partial charge in [0.2, 0.25) is 5.91 Å². The van der Waals surface area contributed by atoms with Gasteiger partial charge in [-0.3, -0.25) is 4.79 Å². The summed E-state index contributed by atoms with van der Waals surface area (Å²) < 4.78 is 6.99. The first-order valence-corrected chi connectivity index (χ1v) is 10.4. The largest absolute Gasteiger partial charge is 0.462 e. The van der Waals surface area contributed by atoms with E-state index in [1.165, 1.54) is 23.1 Å². The minimum Gasteiger partial charge on any atom is -0.462 e. The van der Waals surface area contributed by atoms with Crippen LogP contribution in [0.15, 0.2) is 23.9 Å². The topological polar surface area (TPSA) is 86.1 Å². The van der Waals surface area contributed by atoms with Crippen LogP contribution < -0.4 is 5.32 Å². The summed E-state index contributed by atoms with van der Waals surface area (Å²) in [6, 6.07) is 1.72. The summed E-state index contributed by atoms with van der Waals surface area (Å²) in [6.07, 6.45) is 1.78. The average Bonchev–Trinajstić information content (AvgIpc) is 3.17. The van der Waals surface area contributed by atoms with Gasteiger partial charge in [0.25, 0.3) is 0 Å². The lowest BCUT2D eigenvalue weighted by molar-refractivity contribution is -0.113. The lowest BCUT2D eigenvalue weighted by Crippen LogP contribution is -2.16. The predicted octanol–water partition coefficient (Wildman–Crippen LogP) is 3.86. The first-order chi connectivity index (χ1) is 12.9. The molecule has 2 heterocycles. The van der Waals surface area contributed by atoms with E-state index >= 15 is 0 Å². The van der Waals surface area contributed by atoms with Crippen molar-refractivity contribution < 1.29 is 14.3 Å². The number of thiophene rings is 1. The summed E-state index contributed by atoms with van der Waals surface area (Å²) in [4.78, 5) is 25.3. The van der Waals surface area contributed by atoms with Crippen molar-refractivity contribution in [1.29, 1.82) is 0 Å². The van der Waals surface area contributed by atoms with E-state index in [1.807, 2.05) is 25.3 Å². The number of thioether (sulfide) groups is 1. The monoisotopic (exact) mass is 408 g/mol. The van der Waals surface area contributed by atoms with E-state index in [9.17, 15) is 9.59 Å². The number of carbonyl (C=O) groups is 2. The minimum atomic E-state index is -0.433. The van der Waals surface area contributed by atoms with Crippen LogP contribution in [0.5, 0.6) is 0 Å². The quantitative estimate of drug-likeness (QED) is 0.385. The number of anilines is 1. The van der Waals surface area contributed by atoms with Crippen molar-refractivity contribution in [1.82, 2.24) is 14.8 Å². The molecule has 0 saturated heterocycles. The number of ether oxygens (including phenoxy) is 1. The Balaban J connectivity index is 2.06. The molecule has 0 unspecified atom stereocenters. The number of carbonyl (C=O) groups excluding carboxylic acids is 2. The van der Waals surface area contributed by atoms with Gasteiger partial charge in [-0.25, -0.2) is 4.79 Å². The van der Waals surface area contributed by atoms with Gasteiger partial charge in [0.15, 0.2) is 5.16 Å². The normalized spacial score (nSPS) is 10.9. The van der Waals surface area contributed by atoms with Crippen LogP contribution in [0.3, 0.4) is 0 Å². The molecule has 27 heavy (non-hydrogen) atoms. The lowest BCUT2D eigenvalue weighted by atomic mass is 10.2. The maximum atomic E-state index is 12.4. The van der Waals surface area contributed by atoms with Crippen LogP contribution >= 0.6 is 23.1 Å². The number of esters is 1. The third kappa shape index (κ3) is 5.43. The summed E-state index contributed by atoms with van der Waals surface area (Å²) in [5, 5.41) is 12.4. The molecule has 0 aliphatic heterocycles. The summed E-state index contributed by atoms with van der Waals surface area (Å²) in [6.45, 7) is 12.3. The van der Waals surface area contributed by atoms with E-state index < -0.39 is 5.97 Å². The number of nitrogens with one attached hydrogen (secondary N) is 1. The van der Waals surface area contributed by atoms with Gasteiger partial charge in [-0.2, -0.15) is 0 Å². The molecule has 0 aromatic carbocycles. The number of allylic oxidation sites excluding steroid dienone is 1. The Morgan fingerprint density at radius 3 is 2.81 bits per heavy atom. The van der Waals surface area contributed by atoms with E-state index in [2.05, 4.69) is 22.1 Å². The van der Waals surface area contributed by atoms with Gasteiger partial charge in [-0.15, -0.1) is 28.1 Å². The number of rotatable bonds is 9. The Bertz CT molecular complexity index is 827. The second kappa shape index (κ2) is 9.70. The van der Waals surface area contributed by atoms with Gasteiger partial charge < -0.3 is 14.6 Å². The van der Waals surface area contributed by atoms with Gasteiger partial charge >= 0.3 is 5.97 Å². The maximum Gasteiger partial charge on any atom is 0.341 e. The lowest BCUT2D eigenvalue weighted by Gasteiger charge is -2.09. The van der Waals surface area contributed by atoms with Crippen molar-refractivity contribution in [3.05, 3.63) is 35.0 Å². The summed E-state index contributed by atoms with van der Waals surface area (Å²) in [5.74, 6) is 0.592. The second-order valence-corrected chi connectivity index (χ2v) is 8.25. The second-order valence-electron chi connectivity index (χ2n) is 6.05. The smallest absolute Gasteiger partial charge is 0.341 e. The molecule has 0 saturated carbocycles. The average molecular weight is 409 g/mol. The Kier molecular flexibility index (Phi) is 7.61. The van der Waals surface area contributed by atoms with E-state index in [-0.39, 0.29) is 24.2 Å². The molecule has 2 rings (SSSR count). The Hall–Kier alpha value is -2.13. The Morgan fingerprint density at radius 2 is 2.19 bits per heavy atom. The van der Waals surface area contributed by atoms with Crippen LogP contribution in [0.2, 0.25) is 0 Å². The van der Waals surface area contributed by atoms with Crippen LogP contribution in [-0.4, -0.2) is 39.0 Å². The van der Waals surface area contributed by atoms with Crippen molar-refractivity contribution >= 4 is 40.0 Å². The van der Waals surface area contributed by atoms with Crippen molar-refractivity contribution in [3.63, 3.8) is 0 Å². The van der Waals surface area contributed by atoms with Crippen LogP contribution in [0.25, 0.3) is 0 Å².